The van der Waals surface area contributed by atoms with Crippen molar-refractivity contribution >= 4 is 0 Å². The van der Waals surface area contributed by atoms with Crippen molar-refractivity contribution in [2.45, 2.75) is 58.0 Å². The largest absolute Gasteiger partial charge is 0.474 e. The molecule has 0 aromatic carbocycles. The fraction of sp³-hybridized carbons (Fsp3) is 0.818. The summed E-state index contributed by atoms with van der Waals surface area (Å²) in [6.07, 6.45) is 7.72. The molecule has 0 heterocycles. The van der Waals surface area contributed by atoms with Gasteiger partial charge in [0, 0.05) is 0 Å². The van der Waals surface area contributed by atoms with Crippen LogP contribution in [0.2, 0.25) is 0 Å². The number of unbranched alkanes of at least 4 members (excludes halogenated alkanes) is 5. The Balaban J connectivity index is 3.17. The minimum absolute atomic E-state index is 0.411. The first-order valence-electron chi connectivity index (χ1n) is 5.08. The first kappa shape index (κ1) is 12.0. The highest BCUT2D eigenvalue weighted by atomic mass is 14.9. The van der Waals surface area contributed by atoms with Crippen molar-refractivity contribution in [1.82, 2.24) is 0 Å². The predicted octanol–water partition coefficient (Wildman–Crippen LogP) is 3.90. The molecule has 0 fully saturated rings. The molecule has 0 saturated carbocycles. The van der Waals surface area contributed by atoms with Crippen molar-refractivity contribution in [3.8, 4) is 0 Å². The van der Waals surface area contributed by atoms with E-state index in [1.54, 1.807) is 0 Å². The number of hydrogen-bond acceptors (Lipinski definition) is 0. The van der Waals surface area contributed by atoms with Gasteiger partial charge in [-0.25, -0.2) is 22.8 Å². The molecule has 0 unspecified atom stereocenters. The Kier molecular flexibility index (Phi) is 8.36. The van der Waals surface area contributed by atoms with Crippen LogP contribution >= 0.6 is 0 Å². The van der Waals surface area contributed by atoms with Crippen molar-refractivity contribution in [2.75, 3.05) is 0 Å². The zero-order valence-electron chi connectivity index (χ0n) is 8.42. The van der Waals surface area contributed by atoms with Gasteiger partial charge in [0.15, 0.2) is 0 Å². The first-order chi connectivity index (χ1) is 6.35. The maximum Gasteiger partial charge on any atom is 0.474 e. The summed E-state index contributed by atoms with van der Waals surface area (Å²) in [4.78, 5) is 6.47. The fourth-order valence-corrected chi connectivity index (χ4v) is 1.27. The van der Waals surface area contributed by atoms with Crippen molar-refractivity contribution in [2.24, 2.45) is 0 Å². The topological polar surface area (TPSA) is 8.72 Å². The quantitative estimate of drug-likeness (QED) is 0.413. The fourth-order valence-electron chi connectivity index (χ4n) is 1.27. The molecule has 2 heteroatoms. The lowest BCUT2D eigenvalue weighted by atomic mass is 10.1. The third kappa shape index (κ3) is 7.34. The maximum absolute atomic E-state index is 6.72. The average Bonchev–Trinajstić information content (AvgIpc) is 2.17. The van der Waals surface area contributed by atoms with Crippen LogP contribution in [0.15, 0.2) is 0 Å². The van der Waals surface area contributed by atoms with E-state index in [9.17, 15) is 0 Å². The highest BCUT2D eigenvalue weighted by Gasteiger charge is 2.12. The van der Waals surface area contributed by atoms with E-state index in [-0.39, 0.29) is 0 Å². The summed E-state index contributed by atoms with van der Waals surface area (Å²) in [6.45, 7) is 15.6. The third-order valence-electron chi connectivity index (χ3n) is 2.11. The van der Waals surface area contributed by atoms with Crippen LogP contribution in [0.5, 0.6) is 0 Å². The Hall–Kier alpha value is -1.02. The van der Waals surface area contributed by atoms with E-state index in [1.165, 1.54) is 32.1 Å². The van der Waals surface area contributed by atoms with Gasteiger partial charge in [0.05, 0.1) is 0 Å². The number of nitrogens with zero attached hydrogens (tertiary/aromatic N) is 2. The van der Waals surface area contributed by atoms with E-state index < -0.39 is 6.17 Å². The molecule has 72 valence electrons. The highest BCUT2D eigenvalue weighted by molar-refractivity contribution is 4.85. The maximum atomic E-state index is 6.72. The van der Waals surface area contributed by atoms with E-state index in [1.807, 2.05) is 0 Å². The second kappa shape index (κ2) is 9.07. The lowest BCUT2D eigenvalue weighted by Crippen LogP contribution is -1.93. The van der Waals surface area contributed by atoms with Crippen LogP contribution in [0.3, 0.4) is 0 Å². The normalized spacial score (nSPS) is 9.54. The van der Waals surface area contributed by atoms with E-state index in [0.717, 1.165) is 12.8 Å². The van der Waals surface area contributed by atoms with Gasteiger partial charge in [0.1, 0.15) is 6.42 Å². The third-order valence-corrected chi connectivity index (χ3v) is 2.11. The van der Waals surface area contributed by atoms with Crippen molar-refractivity contribution < 1.29 is 0 Å². The molecule has 0 aliphatic rings. The average molecular weight is 178 g/mol. The van der Waals surface area contributed by atoms with Gasteiger partial charge >= 0.3 is 6.17 Å². The molecule has 0 aromatic heterocycles. The van der Waals surface area contributed by atoms with E-state index >= 15 is 0 Å². The SMILES string of the molecule is [C-]#[N+]C(CCCCCCCC)[N+]#[C-]. The zero-order chi connectivity index (χ0) is 9.94. The van der Waals surface area contributed by atoms with Gasteiger partial charge in [-0.2, -0.15) is 0 Å². The highest BCUT2D eigenvalue weighted by Crippen LogP contribution is 2.10. The number of rotatable bonds is 7. The molecule has 0 radical (unpaired) electrons. The summed E-state index contributed by atoms with van der Waals surface area (Å²) in [5, 5.41) is 0. The van der Waals surface area contributed by atoms with E-state index in [2.05, 4.69) is 16.6 Å². The molecule has 2 nitrogen and oxygen atoms in total. The van der Waals surface area contributed by atoms with Crippen molar-refractivity contribution in [1.29, 1.82) is 0 Å². The molecule has 13 heavy (non-hydrogen) atoms. The summed E-state index contributed by atoms with van der Waals surface area (Å²) < 4.78 is 0. The van der Waals surface area contributed by atoms with E-state index in [4.69, 9.17) is 13.1 Å². The van der Waals surface area contributed by atoms with Gasteiger partial charge in [-0.05, 0) is 6.42 Å². The van der Waals surface area contributed by atoms with Gasteiger partial charge in [-0.15, -0.1) is 0 Å². The molecule has 0 spiro atoms. The summed E-state index contributed by atoms with van der Waals surface area (Å²) in [5.41, 5.74) is 0. The molecule has 0 N–H and O–H groups in total. The smallest absolute Gasteiger partial charge is 0.233 e. The van der Waals surface area contributed by atoms with Gasteiger partial charge in [0.2, 0.25) is 0 Å². The first-order valence-corrected chi connectivity index (χ1v) is 5.08. The molecule has 0 atom stereocenters. The molecule has 0 rings (SSSR count). The zero-order valence-corrected chi connectivity index (χ0v) is 8.42. The van der Waals surface area contributed by atoms with Crippen LogP contribution in [0.1, 0.15) is 51.9 Å². The Labute approximate surface area is 81.6 Å². The Morgan fingerprint density at radius 2 is 1.46 bits per heavy atom. The molecule has 0 amide bonds. The minimum atomic E-state index is -0.411. The van der Waals surface area contributed by atoms with Gasteiger partial charge < -0.3 is 0 Å². The minimum Gasteiger partial charge on any atom is -0.233 e. The van der Waals surface area contributed by atoms with Crippen LogP contribution in [0.4, 0.5) is 0 Å². The van der Waals surface area contributed by atoms with Crippen LogP contribution in [0.25, 0.3) is 9.69 Å². The lowest BCUT2D eigenvalue weighted by Gasteiger charge is -1.97. The Morgan fingerprint density at radius 3 is 2.00 bits per heavy atom. The lowest BCUT2D eigenvalue weighted by molar-refractivity contribution is 0.585. The van der Waals surface area contributed by atoms with Crippen molar-refractivity contribution in [3.05, 3.63) is 22.8 Å². The molecule has 0 aliphatic heterocycles. The van der Waals surface area contributed by atoms with Gasteiger partial charge in [-0.1, -0.05) is 39.0 Å². The molecule has 0 aliphatic carbocycles. The van der Waals surface area contributed by atoms with Gasteiger partial charge in [0.25, 0.3) is 0 Å². The standard InChI is InChI=1S/C11H18N2/c1-4-5-6-7-8-9-10-11(12-2)13-3/h11H,4-10H2,1H3. The van der Waals surface area contributed by atoms with E-state index in [0.29, 0.717) is 0 Å². The molecular weight excluding hydrogens is 160 g/mol. The Bertz CT molecular complexity index is 171. The van der Waals surface area contributed by atoms with Crippen LogP contribution in [0, 0.1) is 13.1 Å². The summed E-state index contributed by atoms with van der Waals surface area (Å²) in [7, 11) is 0. The summed E-state index contributed by atoms with van der Waals surface area (Å²) >= 11 is 0. The molecular formula is C11H18N2. The molecule has 0 bridgehead atoms. The summed E-state index contributed by atoms with van der Waals surface area (Å²) in [5.74, 6) is 0. The Morgan fingerprint density at radius 1 is 0.923 bits per heavy atom. The predicted molar refractivity (Wildman–Crippen MR) is 55.0 cm³/mol. The number of hydrogen-bond donors (Lipinski definition) is 0. The van der Waals surface area contributed by atoms with Crippen molar-refractivity contribution in [3.63, 3.8) is 0 Å². The monoisotopic (exact) mass is 178 g/mol. The molecule has 0 aromatic rings. The van der Waals surface area contributed by atoms with Crippen LogP contribution in [-0.4, -0.2) is 6.17 Å². The molecule has 0 saturated heterocycles. The second-order valence-corrected chi connectivity index (χ2v) is 3.30. The summed E-state index contributed by atoms with van der Waals surface area (Å²) in [6, 6.07) is 0. The van der Waals surface area contributed by atoms with Crippen LogP contribution < -0.4 is 0 Å². The van der Waals surface area contributed by atoms with Crippen LogP contribution in [-0.2, 0) is 0 Å². The van der Waals surface area contributed by atoms with Gasteiger partial charge in [-0.3, -0.25) is 0 Å². The second-order valence-electron chi connectivity index (χ2n) is 3.30.